The highest BCUT2D eigenvalue weighted by Gasteiger charge is 2.16. The molecule has 6 nitrogen and oxygen atoms in total. The van der Waals surface area contributed by atoms with E-state index in [1.54, 1.807) is 0 Å². The maximum absolute atomic E-state index is 11.7. The lowest BCUT2D eigenvalue weighted by molar-refractivity contribution is -0.124. The van der Waals surface area contributed by atoms with Crippen LogP contribution >= 0.6 is 0 Å². The summed E-state index contributed by atoms with van der Waals surface area (Å²) in [5.41, 5.74) is -0.287. The van der Waals surface area contributed by atoms with E-state index in [1.165, 1.54) is 25.3 Å². The first-order valence-electron chi connectivity index (χ1n) is 6.08. The molecule has 0 saturated heterocycles. The number of carbonyl (C=O) groups excluding carboxylic acids is 1. The van der Waals surface area contributed by atoms with Crippen LogP contribution in [0.5, 0.6) is 11.5 Å². The summed E-state index contributed by atoms with van der Waals surface area (Å²) in [6, 6.07) is 4.22. The Morgan fingerprint density at radius 1 is 1.25 bits per heavy atom. The van der Waals surface area contributed by atoms with Gasteiger partial charge in [0.2, 0.25) is 0 Å². The quantitative estimate of drug-likeness (QED) is 0.858. The van der Waals surface area contributed by atoms with E-state index in [1.807, 2.05) is 20.8 Å². The van der Waals surface area contributed by atoms with Gasteiger partial charge >= 0.3 is 5.97 Å². The van der Waals surface area contributed by atoms with E-state index < -0.39 is 5.97 Å². The van der Waals surface area contributed by atoms with Crippen LogP contribution in [0.1, 0.15) is 31.1 Å². The molecule has 0 atom stereocenters. The lowest BCUT2D eigenvalue weighted by Crippen LogP contribution is -2.43. The lowest BCUT2D eigenvalue weighted by atomic mass is 10.1. The highest BCUT2D eigenvalue weighted by Crippen LogP contribution is 2.28. The average Bonchev–Trinajstić information content (AvgIpc) is 2.33. The SMILES string of the molecule is COc1ccc(C(=O)O)cc1OCC(=O)NC(C)(C)C. The molecule has 0 radical (unpaired) electrons. The number of carboxylic acids is 1. The van der Waals surface area contributed by atoms with Crippen LogP contribution in [0.15, 0.2) is 18.2 Å². The Hall–Kier alpha value is -2.24. The maximum Gasteiger partial charge on any atom is 0.335 e. The van der Waals surface area contributed by atoms with Crippen molar-refractivity contribution >= 4 is 11.9 Å². The molecule has 1 aromatic rings. The predicted molar refractivity (Wildman–Crippen MR) is 73.3 cm³/mol. The van der Waals surface area contributed by atoms with Gasteiger partial charge in [-0.1, -0.05) is 0 Å². The number of hydrogen-bond acceptors (Lipinski definition) is 4. The van der Waals surface area contributed by atoms with E-state index in [4.69, 9.17) is 14.6 Å². The number of nitrogens with one attached hydrogen (secondary N) is 1. The number of carboxylic acid groups (broad SMARTS) is 1. The van der Waals surface area contributed by atoms with Crippen molar-refractivity contribution in [3.8, 4) is 11.5 Å². The first-order valence-corrected chi connectivity index (χ1v) is 6.08. The van der Waals surface area contributed by atoms with Crippen molar-refractivity contribution in [2.45, 2.75) is 26.3 Å². The van der Waals surface area contributed by atoms with Gasteiger partial charge in [0.25, 0.3) is 5.91 Å². The molecule has 0 spiro atoms. The van der Waals surface area contributed by atoms with Gasteiger partial charge in [0.1, 0.15) is 0 Å². The minimum atomic E-state index is -1.07. The number of carbonyl (C=O) groups is 2. The molecular weight excluding hydrogens is 262 g/mol. The molecule has 0 aromatic heterocycles. The Morgan fingerprint density at radius 2 is 1.90 bits per heavy atom. The minimum Gasteiger partial charge on any atom is -0.493 e. The first-order chi connectivity index (χ1) is 9.23. The summed E-state index contributed by atoms with van der Waals surface area (Å²) in [4.78, 5) is 22.6. The Morgan fingerprint density at radius 3 is 2.40 bits per heavy atom. The van der Waals surface area contributed by atoms with Gasteiger partial charge in [-0.25, -0.2) is 4.79 Å². The molecule has 0 unspecified atom stereocenters. The fraction of sp³-hybridized carbons (Fsp3) is 0.429. The third kappa shape index (κ3) is 4.79. The Balaban J connectivity index is 2.78. The van der Waals surface area contributed by atoms with Crippen molar-refractivity contribution in [1.29, 1.82) is 0 Å². The van der Waals surface area contributed by atoms with Crippen LogP contribution < -0.4 is 14.8 Å². The summed E-state index contributed by atoms with van der Waals surface area (Å²) in [6.45, 7) is 5.36. The van der Waals surface area contributed by atoms with Gasteiger partial charge in [-0.2, -0.15) is 0 Å². The molecule has 0 bridgehead atoms. The van der Waals surface area contributed by atoms with Gasteiger partial charge in [0.15, 0.2) is 18.1 Å². The molecule has 2 N–H and O–H groups in total. The second-order valence-corrected chi connectivity index (χ2v) is 5.26. The van der Waals surface area contributed by atoms with Crippen LogP contribution in [-0.4, -0.2) is 36.2 Å². The molecule has 0 aliphatic carbocycles. The molecular formula is C14H19NO5. The van der Waals surface area contributed by atoms with Crippen LogP contribution in [0.4, 0.5) is 0 Å². The average molecular weight is 281 g/mol. The van der Waals surface area contributed by atoms with Gasteiger partial charge in [0, 0.05) is 5.54 Å². The smallest absolute Gasteiger partial charge is 0.335 e. The summed E-state index contributed by atoms with van der Waals surface area (Å²) < 4.78 is 10.4. The summed E-state index contributed by atoms with van der Waals surface area (Å²) in [6.07, 6.45) is 0. The molecule has 1 aromatic carbocycles. The topological polar surface area (TPSA) is 84.9 Å². The monoisotopic (exact) mass is 281 g/mol. The zero-order chi connectivity index (χ0) is 15.3. The zero-order valence-corrected chi connectivity index (χ0v) is 12.0. The molecule has 0 heterocycles. The molecule has 1 rings (SSSR count). The van der Waals surface area contributed by atoms with E-state index >= 15 is 0 Å². The van der Waals surface area contributed by atoms with Crippen molar-refractivity contribution in [2.24, 2.45) is 0 Å². The fourth-order valence-electron chi connectivity index (χ4n) is 1.52. The fourth-order valence-corrected chi connectivity index (χ4v) is 1.52. The van der Waals surface area contributed by atoms with Crippen molar-refractivity contribution in [2.75, 3.05) is 13.7 Å². The molecule has 0 aliphatic heterocycles. The molecule has 0 saturated carbocycles. The lowest BCUT2D eigenvalue weighted by Gasteiger charge is -2.20. The Labute approximate surface area is 117 Å². The highest BCUT2D eigenvalue weighted by atomic mass is 16.5. The van der Waals surface area contributed by atoms with Gasteiger partial charge < -0.3 is 19.9 Å². The normalized spacial score (nSPS) is 10.8. The van der Waals surface area contributed by atoms with Crippen LogP contribution in [0.3, 0.4) is 0 Å². The molecule has 110 valence electrons. The molecule has 0 aliphatic rings. The van der Waals surface area contributed by atoms with Gasteiger partial charge in [-0.05, 0) is 39.0 Å². The van der Waals surface area contributed by atoms with Gasteiger partial charge in [0.05, 0.1) is 12.7 Å². The summed E-state index contributed by atoms with van der Waals surface area (Å²) in [7, 11) is 1.44. The predicted octanol–water partition coefficient (Wildman–Crippen LogP) is 1.69. The molecule has 20 heavy (non-hydrogen) atoms. The molecule has 6 heteroatoms. The standard InChI is InChI=1S/C14H19NO5/c1-14(2,3)15-12(16)8-20-11-7-9(13(17)18)5-6-10(11)19-4/h5-7H,8H2,1-4H3,(H,15,16)(H,17,18). The van der Waals surface area contributed by atoms with E-state index in [-0.39, 0.29) is 29.4 Å². The van der Waals surface area contributed by atoms with E-state index in [9.17, 15) is 9.59 Å². The molecule has 1 amide bonds. The van der Waals surface area contributed by atoms with Crippen LogP contribution in [0, 0.1) is 0 Å². The largest absolute Gasteiger partial charge is 0.493 e. The highest BCUT2D eigenvalue weighted by molar-refractivity contribution is 5.88. The number of amides is 1. The third-order valence-electron chi connectivity index (χ3n) is 2.28. The number of hydrogen-bond donors (Lipinski definition) is 2. The van der Waals surface area contributed by atoms with Crippen LogP contribution in [0.25, 0.3) is 0 Å². The number of methoxy groups -OCH3 is 1. The second kappa shape index (κ2) is 6.27. The van der Waals surface area contributed by atoms with Crippen molar-refractivity contribution < 1.29 is 24.2 Å². The number of benzene rings is 1. The van der Waals surface area contributed by atoms with Crippen molar-refractivity contribution in [3.05, 3.63) is 23.8 Å². The van der Waals surface area contributed by atoms with Crippen LogP contribution in [-0.2, 0) is 4.79 Å². The Kier molecular flexibility index (Phi) is 4.96. The number of rotatable bonds is 5. The van der Waals surface area contributed by atoms with Gasteiger partial charge in [-0.3, -0.25) is 4.79 Å². The minimum absolute atomic E-state index is 0.0667. The van der Waals surface area contributed by atoms with Crippen LogP contribution in [0.2, 0.25) is 0 Å². The van der Waals surface area contributed by atoms with Crippen molar-refractivity contribution in [3.63, 3.8) is 0 Å². The number of ether oxygens (including phenoxy) is 2. The van der Waals surface area contributed by atoms with E-state index in [0.29, 0.717) is 5.75 Å². The van der Waals surface area contributed by atoms with E-state index in [2.05, 4.69) is 5.32 Å². The summed E-state index contributed by atoms with van der Waals surface area (Å²) in [5.74, 6) is -0.771. The van der Waals surface area contributed by atoms with Gasteiger partial charge in [-0.15, -0.1) is 0 Å². The second-order valence-electron chi connectivity index (χ2n) is 5.26. The Bertz CT molecular complexity index is 505. The summed E-state index contributed by atoms with van der Waals surface area (Å²) in [5, 5.41) is 11.7. The zero-order valence-electron chi connectivity index (χ0n) is 12.0. The third-order valence-corrected chi connectivity index (χ3v) is 2.28. The number of aromatic carboxylic acids is 1. The maximum atomic E-state index is 11.7. The summed E-state index contributed by atoms with van der Waals surface area (Å²) >= 11 is 0. The first kappa shape index (κ1) is 15.8. The van der Waals surface area contributed by atoms with E-state index in [0.717, 1.165) is 0 Å². The van der Waals surface area contributed by atoms with Crippen molar-refractivity contribution in [1.82, 2.24) is 5.32 Å². The molecule has 0 fully saturated rings.